The molecule has 0 spiro atoms. The molecular weight excluding hydrogens is 376 g/mol. The maximum absolute atomic E-state index is 6.08. The predicted molar refractivity (Wildman–Crippen MR) is 121 cm³/mol. The number of nitrogens with one attached hydrogen (secondary N) is 1. The van der Waals surface area contributed by atoms with Gasteiger partial charge < -0.3 is 19.7 Å². The molecule has 0 aromatic heterocycles. The summed E-state index contributed by atoms with van der Waals surface area (Å²) < 4.78 is 11.5. The Hall–Kier alpha value is -1.89. The van der Waals surface area contributed by atoms with Crippen LogP contribution in [-0.2, 0) is 22.6 Å². The molecule has 30 heavy (non-hydrogen) atoms. The average Bonchev–Trinajstić information content (AvgIpc) is 3.48. The minimum Gasteiger partial charge on any atom is -0.381 e. The molecule has 0 radical (unpaired) electrons. The lowest BCUT2D eigenvalue weighted by Crippen LogP contribution is -2.42. The first-order chi connectivity index (χ1) is 14.8. The van der Waals surface area contributed by atoms with E-state index >= 15 is 0 Å². The number of aliphatic imine (C=N–C) groups is 1. The molecule has 2 saturated heterocycles. The number of hydrogen-bond donors (Lipinski definition) is 1. The van der Waals surface area contributed by atoms with Crippen molar-refractivity contribution in [1.82, 2.24) is 15.1 Å². The van der Waals surface area contributed by atoms with E-state index in [2.05, 4.69) is 58.5 Å². The number of likely N-dealkylation sites (tertiary alicyclic amines) is 1. The third-order valence-electron chi connectivity index (χ3n) is 6.22. The molecule has 4 rings (SSSR count). The van der Waals surface area contributed by atoms with Crippen LogP contribution in [0.2, 0.25) is 0 Å². The Balaban J connectivity index is 1.32. The smallest absolute Gasteiger partial charge is 0.194 e. The second-order valence-corrected chi connectivity index (χ2v) is 8.43. The van der Waals surface area contributed by atoms with E-state index in [0.29, 0.717) is 25.3 Å². The monoisotopic (exact) mass is 412 g/mol. The summed E-state index contributed by atoms with van der Waals surface area (Å²) in [7, 11) is 0. The number of ether oxygens (including phenoxy) is 2. The SMILES string of the molecule is CCNC(=NCc1cccc(COC2CCOCC2)c1)N1CCC(N2CC=CC2)C1. The van der Waals surface area contributed by atoms with Gasteiger partial charge in [-0.15, -0.1) is 0 Å². The zero-order valence-electron chi connectivity index (χ0n) is 18.3. The van der Waals surface area contributed by atoms with Gasteiger partial charge in [0.1, 0.15) is 0 Å². The van der Waals surface area contributed by atoms with Crippen molar-refractivity contribution in [2.24, 2.45) is 4.99 Å². The van der Waals surface area contributed by atoms with Crippen molar-refractivity contribution in [3.05, 3.63) is 47.5 Å². The van der Waals surface area contributed by atoms with Crippen LogP contribution in [0.1, 0.15) is 37.3 Å². The first-order valence-corrected chi connectivity index (χ1v) is 11.5. The van der Waals surface area contributed by atoms with Gasteiger partial charge in [-0.25, -0.2) is 4.99 Å². The van der Waals surface area contributed by atoms with Gasteiger partial charge >= 0.3 is 0 Å². The van der Waals surface area contributed by atoms with E-state index in [9.17, 15) is 0 Å². The van der Waals surface area contributed by atoms with Crippen molar-refractivity contribution >= 4 is 5.96 Å². The Kier molecular flexibility index (Phi) is 7.78. The highest BCUT2D eigenvalue weighted by Gasteiger charge is 2.29. The molecule has 1 N–H and O–H groups in total. The molecule has 3 aliphatic heterocycles. The molecule has 0 saturated carbocycles. The van der Waals surface area contributed by atoms with Gasteiger partial charge in [-0.2, -0.15) is 0 Å². The maximum Gasteiger partial charge on any atom is 0.194 e. The van der Waals surface area contributed by atoms with E-state index in [1.54, 1.807) is 0 Å². The predicted octanol–water partition coefficient (Wildman–Crippen LogP) is 2.79. The number of nitrogens with zero attached hydrogens (tertiary/aromatic N) is 3. The molecule has 1 unspecified atom stereocenters. The van der Waals surface area contributed by atoms with E-state index in [4.69, 9.17) is 14.5 Å². The summed E-state index contributed by atoms with van der Waals surface area (Å²) in [6.07, 6.45) is 8.10. The van der Waals surface area contributed by atoms with Crippen LogP contribution in [0.5, 0.6) is 0 Å². The number of rotatable bonds is 7. The second-order valence-electron chi connectivity index (χ2n) is 8.43. The lowest BCUT2D eigenvalue weighted by molar-refractivity contribution is -0.0390. The summed E-state index contributed by atoms with van der Waals surface area (Å²) >= 11 is 0. The second kappa shape index (κ2) is 10.9. The standard InChI is InChI=1S/C24H36N4O2/c1-2-25-24(28-13-8-22(18-28)27-11-3-4-12-27)26-17-20-6-5-7-21(16-20)19-30-23-9-14-29-15-10-23/h3-7,16,22-23H,2,8-15,17-19H2,1H3,(H,25,26). The van der Waals surface area contributed by atoms with Gasteiger partial charge in [0.25, 0.3) is 0 Å². The van der Waals surface area contributed by atoms with Crippen molar-refractivity contribution < 1.29 is 9.47 Å². The van der Waals surface area contributed by atoms with Crippen LogP contribution >= 0.6 is 0 Å². The molecule has 6 nitrogen and oxygen atoms in total. The van der Waals surface area contributed by atoms with Crippen molar-refractivity contribution in [3.63, 3.8) is 0 Å². The average molecular weight is 413 g/mol. The lowest BCUT2D eigenvalue weighted by Gasteiger charge is -2.25. The molecule has 1 atom stereocenters. The topological polar surface area (TPSA) is 49.3 Å². The van der Waals surface area contributed by atoms with Crippen molar-refractivity contribution in [3.8, 4) is 0 Å². The molecule has 0 aliphatic carbocycles. The van der Waals surface area contributed by atoms with Crippen molar-refractivity contribution in [1.29, 1.82) is 0 Å². The Morgan fingerprint density at radius 2 is 1.97 bits per heavy atom. The fraction of sp³-hybridized carbons (Fsp3) is 0.625. The minimum absolute atomic E-state index is 0.328. The molecule has 3 heterocycles. The molecule has 0 bridgehead atoms. The zero-order valence-corrected chi connectivity index (χ0v) is 18.3. The maximum atomic E-state index is 6.08. The summed E-state index contributed by atoms with van der Waals surface area (Å²) in [5, 5.41) is 3.49. The van der Waals surface area contributed by atoms with Crippen LogP contribution in [0.25, 0.3) is 0 Å². The van der Waals surface area contributed by atoms with E-state index < -0.39 is 0 Å². The molecule has 2 fully saturated rings. The summed E-state index contributed by atoms with van der Waals surface area (Å²) in [5.74, 6) is 1.04. The highest BCUT2D eigenvalue weighted by Crippen LogP contribution is 2.19. The van der Waals surface area contributed by atoms with Gasteiger partial charge in [-0.3, -0.25) is 4.90 Å². The minimum atomic E-state index is 0.328. The van der Waals surface area contributed by atoms with Gasteiger partial charge in [0.2, 0.25) is 0 Å². The fourth-order valence-corrected chi connectivity index (χ4v) is 4.49. The van der Waals surface area contributed by atoms with E-state index in [0.717, 1.165) is 64.7 Å². The summed E-state index contributed by atoms with van der Waals surface area (Å²) in [6, 6.07) is 9.29. The highest BCUT2D eigenvalue weighted by molar-refractivity contribution is 5.80. The lowest BCUT2D eigenvalue weighted by atomic mass is 10.1. The molecule has 0 amide bonds. The van der Waals surface area contributed by atoms with Gasteiger partial charge in [-0.1, -0.05) is 36.4 Å². The van der Waals surface area contributed by atoms with Crippen molar-refractivity contribution in [2.45, 2.75) is 51.5 Å². The van der Waals surface area contributed by atoms with E-state index in [1.807, 2.05) is 0 Å². The fourth-order valence-electron chi connectivity index (χ4n) is 4.49. The zero-order chi connectivity index (χ0) is 20.6. The quantitative estimate of drug-likeness (QED) is 0.424. The molecular formula is C24H36N4O2. The van der Waals surface area contributed by atoms with E-state index in [1.165, 1.54) is 17.5 Å². The Labute approximate surface area is 180 Å². The summed E-state index contributed by atoms with van der Waals surface area (Å²) in [4.78, 5) is 9.94. The number of benzene rings is 1. The van der Waals surface area contributed by atoms with Gasteiger partial charge in [0, 0.05) is 52.0 Å². The first kappa shape index (κ1) is 21.3. The van der Waals surface area contributed by atoms with Crippen LogP contribution in [0.3, 0.4) is 0 Å². The summed E-state index contributed by atoms with van der Waals surface area (Å²) in [6.45, 7) is 10.4. The van der Waals surface area contributed by atoms with Gasteiger partial charge in [0.15, 0.2) is 5.96 Å². The van der Waals surface area contributed by atoms with Crippen LogP contribution in [0.15, 0.2) is 41.4 Å². The third kappa shape index (κ3) is 5.84. The molecule has 1 aromatic rings. The van der Waals surface area contributed by atoms with Crippen LogP contribution in [0, 0.1) is 0 Å². The Morgan fingerprint density at radius 1 is 1.17 bits per heavy atom. The van der Waals surface area contributed by atoms with Crippen molar-refractivity contribution in [2.75, 3.05) is 45.9 Å². The molecule has 6 heteroatoms. The van der Waals surface area contributed by atoms with Crippen LogP contribution in [0.4, 0.5) is 0 Å². The molecule has 3 aliphatic rings. The normalized spacial score (nSPS) is 23.4. The Bertz CT molecular complexity index is 722. The van der Waals surface area contributed by atoms with Gasteiger partial charge in [0.05, 0.1) is 19.3 Å². The van der Waals surface area contributed by atoms with Crippen LogP contribution < -0.4 is 5.32 Å². The Morgan fingerprint density at radius 3 is 2.77 bits per heavy atom. The molecule has 1 aromatic carbocycles. The van der Waals surface area contributed by atoms with E-state index in [-0.39, 0.29) is 0 Å². The largest absolute Gasteiger partial charge is 0.381 e. The number of hydrogen-bond acceptors (Lipinski definition) is 4. The number of guanidine groups is 1. The van der Waals surface area contributed by atoms with Crippen LogP contribution in [-0.4, -0.2) is 73.8 Å². The first-order valence-electron chi connectivity index (χ1n) is 11.5. The third-order valence-corrected chi connectivity index (χ3v) is 6.22. The highest BCUT2D eigenvalue weighted by atomic mass is 16.5. The van der Waals surface area contributed by atoms with Gasteiger partial charge in [-0.05, 0) is 37.3 Å². The molecule has 164 valence electrons. The summed E-state index contributed by atoms with van der Waals surface area (Å²) in [5.41, 5.74) is 2.46.